The third-order valence-corrected chi connectivity index (χ3v) is 4.42. The van der Waals surface area contributed by atoms with Crippen LogP contribution in [0.15, 0.2) is 12.4 Å². The van der Waals surface area contributed by atoms with Crippen molar-refractivity contribution < 1.29 is 0 Å². The molecule has 0 spiro atoms. The SMILES string of the molecule is CCc1cnc(N2CCC([C@@H](C)N(C)C)CC2)nc1. The third kappa shape index (κ3) is 3.44. The van der Waals surface area contributed by atoms with Crippen LogP contribution < -0.4 is 4.90 Å². The molecule has 1 fully saturated rings. The number of piperidine rings is 1. The van der Waals surface area contributed by atoms with Crippen LogP contribution in [0.4, 0.5) is 5.95 Å². The van der Waals surface area contributed by atoms with Crippen molar-refractivity contribution in [3.05, 3.63) is 18.0 Å². The van der Waals surface area contributed by atoms with Gasteiger partial charge >= 0.3 is 0 Å². The van der Waals surface area contributed by atoms with E-state index in [0.29, 0.717) is 6.04 Å². The fraction of sp³-hybridized carbons (Fsp3) is 0.733. The summed E-state index contributed by atoms with van der Waals surface area (Å²) in [5.74, 6) is 1.69. The Balaban J connectivity index is 1.92. The fourth-order valence-corrected chi connectivity index (χ4v) is 2.70. The van der Waals surface area contributed by atoms with E-state index in [0.717, 1.165) is 31.4 Å². The monoisotopic (exact) mass is 262 g/mol. The Kier molecular flexibility index (Phi) is 4.75. The highest BCUT2D eigenvalue weighted by Crippen LogP contribution is 2.24. The molecule has 0 N–H and O–H groups in total. The molecule has 0 bridgehead atoms. The molecule has 4 heteroatoms. The molecule has 0 radical (unpaired) electrons. The molecule has 0 aliphatic carbocycles. The van der Waals surface area contributed by atoms with E-state index in [1.54, 1.807) is 0 Å². The van der Waals surface area contributed by atoms with Gasteiger partial charge in [-0.3, -0.25) is 0 Å². The fourth-order valence-electron chi connectivity index (χ4n) is 2.70. The van der Waals surface area contributed by atoms with E-state index in [2.05, 4.69) is 47.7 Å². The summed E-state index contributed by atoms with van der Waals surface area (Å²) < 4.78 is 0. The molecule has 19 heavy (non-hydrogen) atoms. The summed E-state index contributed by atoms with van der Waals surface area (Å²) in [7, 11) is 4.34. The number of hydrogen-bond donors (Lipinski definition) is 0. The second kappa shape index (κ2) is 6.33. The van der Waals surface area contributed by atoms with Crippen molar-refractivity contribution in [2.75, 3.05) is 32.1 Å². The Bertz CT molecular complexity index is 380. The molecule has 0 aromatic carbocycles. The van der Waals surface area contributed by atoms with Gasteiger partial charge in [0.25, 0.3) is 0 Å². The number of nitrogens with zero attached hydrogens (tertiary/aromatic N) is 4. The molecule has 2 heterocycles. The third-order valence-electron chi connectivity index (χ3n) is 4.42. The Morgan fingerprint density at radius 1 is 1.26 bits per heavy atom. The first kappa shape index (κ1) is 14.3. The van der Waals surface area contributed by atoms with Crippen LogP contribution in [0.25, 0.3) is 0 Å². The van der Waals surface area contributed by atoms with E-state index in [-0.39, 0.29) is 0 Å². The number of aryl methyl sites for hydroxylation is 1. The van der Waals surface area contributed by atoms with E-state index in [1.807, 2.05) is 12.4 Å². The van der Waals surface area contributed by atoms with Gasteiger partial charge in [-0.1, -0.05) is 6.92 Å². The topological polar surface area (TPSA) is 32.3 Å². The predicted molar refractivity (Wildman–Crippen MR) is 79.5 cm³/mol. The maximum absolute atomic E-state index is 4.48. The quantitative estimate of drug-likeness (QED) is 0.833. The van der Waals surface area contributed by atoms with Crippen molar-refractivity contribution in [3.8, 4) is 0 Å². The second-order valence-corrected chi connectivity index (χ2v) is 5.77. The van der Waals surface area contributed by atoms with E-state index < -0.39 is 0 Å². The summed E-state index contributed by atoms with van der Waals surface area (Å²) >= 11 is 0. The van der Waals surface area contributed by atoms with Gasteiger partial charge in [-0.05, 0) is 51.8 Å². The van der Waals surface area contributed by atoms with Crippen LogP contribution in [-0.2, 0) is 6.42 Å². The minimum absolute atomic E-state index is 0.658. The second-order valence-electron chi connectivity index (χ2n) is 5.77. The lowest BCUT2D eigenvalue weighted by Gasteiger charge is -2.37. The van der Waals surface area contributed by atoms with Crippen LogP contribution in [0.5, 0.6) is 0 Å². The number of aromatic nitrogens is 2. The minimum Gasteiger partial charge on any atom is -0.341 e. The highest BCUT2D eigenvalue weighted by molar-refractivity contribution is 5.30. The van der Waals surface area contributed by atoms with Crippen molar-refractivity contribution in [3.63, 3.8) is 0 Å². The first-order valence-corrected chi connectivity index (χ1v) is 7.34. The van der Waals surface area contributed by atoms with Gasteiger partial charge in [0, 0.05) is 31.5 Å². The van der Waals surface area contributed by atoms with Crippen LogP contribution >= 0.6 is 0 Å². The summed E-state index contributed by atoms with van der Waals surface area (Å²) in [5.41, 5.74) is 1.21. The average Bonchev–Trinajstić information content (AvgIpc) is 2.46. The molecule has 1 aliphatic heterocycles. The number of anilines is 1. The van der Waals surface area contributed by atoms with Gasteiger partial charge < -0.3 is 9.80 Å². The summed E-state index contributed by atoms with van der Waals surface area (Å²) in [5, 5.41) is 0. The molecule has 1 atom stereocenters. The Morgan fingerprint density at radius 2 is 1.84 bits per heavy atom. The van der Waals surface area contributed by atoms with Crippen LogP contribution in [-0.4, -0.2) is 48.1 Å². The largest absolute Gasteiger partial charge is 0.341 e. The predicted octanol–water partition coefficient (Wildman–Crippen LogP) is 2.21. The number of hydrogen-bond acceptors (Lipinski definition) is 4. The van der Waals surface area contributed by atoms with Crippen LogP contribution in [0.1, 0.15) is 32.3 Å². The molecule has 4 nitrogen and oxygen atoms in total. The van der Waals surface area contributed by atoms with Crippen LogP contribution in [0.3, 0.4) is 0 Å². The van der Waals surface area contributed by atoms with Gasteiger partial charge in [0.15, 0.2) is 0 Å². The standard InChI is InChI=1S/C15H26N4/c1-5-13-10-16-15(17-11-13)19-8-6-14(7-9-19)12(2)18(3)4/h10-12,14H,5-9H2,1-4H3/t12-/m1/s1. The molecule has 0 unspecified atom stereocenters. The lowest BCUT2D eigenvalue weighted by molar-refractivity contribution is 0.198. The van der Waals surface area contributed by atoms with Crippen molar-refractivity contribution in [1.82, 2.24) is 14.9 Å². The van der Waals surface area contributed by atoms with Crippen molar-refractivity contribution in [2.24, 2.45) is 5.92 Å². The Hall–Kier alpha value is -1.16. The molecule has 0 amide bonds. The average molecular weight is 262 g/mol. The summed E-state index contributed by atoms with van der Waals surface area (Å²) in [6.45, 7) is 6.61. The first-order chi connectivity index (χ1) is 9.11. The first-order valence-electron chi connectivity index (χ1n) is 7.34. The minimum atomic E-state index is 0.658. The van der Waals surface area contributed by atoms with E-state index in [9.17, 15) is 0 Å². The van der Waals surface area contributed by atoms with Crippen molar-refractivity contribution in [1.29, 1.82) is 0 Å². The van der Waals surface area contributed by atoms with E-state index in [4.69, 9.17) is 0 Å². The maximum atomic E-state index is 4.48. The Labute approximate surface area is 116 Å². The van der Waals surface area contributed by atoms with Crippen LogP contribution in [0, 0.1) is 5.92 Å². The zero-order valence-electron chi connectivity index (χ0n) is 12.6. The molecule has 1 aromatic rings. The molecule has 1 aliphatic rings. The smallest absolute Gasteiger partial charge is 0.225 e. The number of rotatable bonds is 4. The molecule has 1 saturated heterocycles. The van der Waals surface area contributed by atoms with E-state index in [1.165, 1.54) is 18.4 Å². The van der Waals surface area contributed by atoms with Gasteiger partial charge in [-0.2, -0.15) is 0 Å². The normalized spacial score (nSPS) is 18.9. The lowest BCUT2D eigenvalue weighted by Crippen LogP contribution is -2.42. The summed E-state index contributed by atoms with van der Waals surface area (Å²) in [6, 6.07) is 0.658. The summed E-state index contributed by atoms with van der Waals surface area (Å²) in [6.07, 6.45) is 7.38. The lowest BCUT2D eigenvalue weighted by atomic mass is 9.90. The maximum Gasteiger partial charge on any atom is 0.225 e. The molecule has 0 saturated carbocycles. The summed E-state index contributed by atoms with van der Waals surface area (Å²) in [4.78, 5) is 13.6. The molecule has 1 aromatic heterocycles. The van der Waals surface area contributed by atoms with Gasteiger partial charge in [-0.25, -0.2) is 9.97 Å². The molecular weight excluding hydrogens is 236 g/mol. The molecule has 106 valence electrons. The molecular formula is C15H26N4. The highest BCUT2D eigenvalue weighted by Gasteiger charge is 2.25. The zero-order chi connectivity index (χ0) is 13.8. The van der Waals surface area contributed by atoms with Gasteiger partial charge in [-0.15, -0.1) is 0 Å². The van der Waals surface area contributed by atoms with Gasteiger partial charge in [0.1, 0.15) is 0 Å². The van der Waals surface area contributed by atoms with Gasteiger partial charge in [0.2, 0.25) is 5.95 Å². The van der Waals surface area contributed by atoms with Crippen molar-refractivity contribution >= 4 is 5.95 Å². The zero-order valence-corrected chi connectivity index (χ0v) is 12.6. The van der Waals surface area contributed by atoms with E-state index >= 15 is 0 Å². The molecule has 2 rings (SSSR count). The van der Waals surface area contributed by atoms with Gasteiger partial charge in [0.05, 0.1) is 0 Å². The Morgan fingerprint density at radius 3 is 2.32 bits per heavy atom. The van der Waals surface area contributed by atoms with Crippen molar-refractivity contribution in [2.45, 2.75) is 39.2 Å². The van der Waals surface area contributed by atoms with Crippen LogP contribution in [0.2, 0.25) is 0 Å². The highest BCUT2D eigenvalue weighted by atomic mass is 15.2.